The molecule has 3 rings (SSSR count). The Morgan fingerprint density at radius 1 is 1.27 bits per heavy atom. The van der Waals surface area contributed by atoms with Gasteiger partial charge in [-0.05, 0) is 36.6 Å². The summed E-state index contributed by atoms with van der Waals surface area (Å²) < 4.78 is 1.20. The van der Waals surface area contributed by atoms with Crippen molar-refractivity contribution >= 4 is 51.7 Å². The predicted octanol–water partition coefficient (Wildman–Crippen LogP) is 6.36. The molecule has 2 nitrogen and oxygen atoms in total. The minimum absolute atomic E-state index is 0.589. The van der Waals surface area contributed by atoms with Gasteiger partial charge in [-0.15, -0.1) is 11.3 Å². The van der Waals surface area contributed by atoms with E-state index >= 15 is 0 Å². The molecule has 114 valence electrons. The fraction of sp³-hybridized carbons (Fsp3) is 0.235. The van der Waals surface area contributed by atoms with Gasteiger partial charge in [0.15, 0.2) is 6.29 Å². The minimum Gasteiger partial charge on any atom is -0.354 e. The van der Waals surface area contributed by atoms with Crippen LogP contribution >= 0.6 is 34.5 Å². The van der Waals surface area contributed by atoms with Crippen molar-refractivity contribution in [2.75, 3.05) is 0 Å². The highest BCUT2D eigenvalue weighted by molar-refractivity contribution is 7.20. The van der Waals surface area contributed by atoms with Crippen molar-refractivity contribution in [1.29, 1.82) is 0 Å². The van der Waals surface area contributed by atoms with Gasteiger partial charge in [0, 0.05) is 22.0 Å². The first-order chi connectivity index (χ1) is 10.6. The number of carbonyl (C=O) groups excluding carboxylic acids is 1. The number of unbranched alkanes of at least 4 members (excludes halogenated alkanes) is 1. The normalized spacial score (nSPS) is 11.2. The number of hydrogen-bond acceptors (Lipinski definition) is 2. The Hall–Kier alpha value is -1.29. The van der Waals surface area contributed by atoms with Gasteiger partial charge in [-0.2, -0.15) is 0 Å². The van der Waals surface area contributed by atoms with Gasteiger partial charge in [-0.1, -0.05) is 42.6 Å². The van der Waals surface area contributed by atoms with Gasteiger partial charge in [0.25, 0.3) is 0 Å². The third-order valence-electron chi connectivity index (χ3n) is 3.77. The fourth-order valence-electron chi connectivity index (χ4n) is 2.64. The smallest absolute Gasteiger partial charge is 0.152 e. The van der Waals surface area contributed by atoms with E-state index in [2.05, 4.69) is 24.0 Å². The summed E-state index contributed by atoms with van der Waals surface area (Å²) in [6, 6.07) is 8.02. The molecule has 0 unspecified atom stereocenters. The highest BCUT2D eigenvalue weighted by atomic mass is 35.5. The van der Waals surface area contributed by atoms with Gasteiger partial charge in [0.1, 0.15) is 4.34 Å². The van der Waals surface area contributed by atoms with Gasteiger partial charge in [0.2, 0.25) is 0 Å². The number of hydrogen-bond donors (Lipinski definition) is 1. The first-order valence-electron chi connectivity index (χ1n) is 7.19. The molecule has 5 heteroatoms. The van der Waals surface area contributed by atoms with E-state index in [4.69, 9.17) is 23.2 Å². The Morgan fingerprint density at radius 3 is 2.73 bits per heavy atom. The molecule has 0 atom stereocenters. The molecule has 0 bridgehead atoms. The molecule has 0 amide bonds. The molecule has 0 aliphatic carbocycles. The fourth-order valence-corrected chi connectivity index (χ4v) is 4.12. The van der Waals surface area contributed by atoms with E-state index in [1.165, 1.54) is 16.9 Å². The lowest BCUT2D eigenvalue weighted by molar-refractivity contribution is 0.112. The number of carbonyl (C=O) groups is 1. The Balaban J connectivity index is 2.15. The zero-order chi connectivity index (χ0) is 15.7. The number of nitrogens with one attached hydrogen (secondary N) is 1. The van der Waals surface area contributed by atoms with Crippen LogP contribution in [0.25, 0.3) is 22.2 Å². The van der Waals surface area contributed by atoms with E-state index < -0.39 is 0 Å². The third kappa shape index (κ3) is 2.81. The maximum absolute atomic E-state index is 11.6. The zero-order valence-corrected chi connectivity index (χ0v) is 14.4. The first kappa shape index (κ1) is 15.6. The molecule has 1 N–H and O–H groups in total. The molecule has 0 spiro atoms. The second-order valence-electron chi connectivity index (χ2n) is 5.25. The minimum atomic E-state index is 0.589. The van der Waals surface area contributed by atoms with E-state index in [0.29, 0.717) is 14.2 Å². The first-order valence-corrected chi connectivity index (χ1v) is 8.76. The van der Waals surface area contributed by atoms with Crippen molar-refractivity contribution in [3.05, 3.63) is 44.1 Å². The van der Waals surface area contributed by atoms with Crippen LogP contribution in [0.2, 0.25) is 8.67 Å². The number of thiophene rings is 1. The number of fused-ring (bicyclic) bond motifs is 1. The van der Waals surface area contributed by atoms with Gasteiger partial charge in [-0.3, -0.25) is 4.79 Å². The largest absolute Gasteiger partial charge is 0.354 e. The van der Waals surface area contributed by atoms with Crippen molar-refractivity contribution in [3.8, 4) is 11.3 Å². The van der Waals surface area contributed by atoms with Gasteiger partial charge in [-0.25, -0.2) is 0 Å². The summed E-state index contributed by atoms with van der Waals surface area (Å²) in [5.74, 6) is 0. The molecule has 22 heavy (non-hydrogen) atoms. The number of aldehydes is 1. The van der Waals surface area contributed by atoms with Crippen LogP contribution in [0.5, 0.6) is 0 Å². The van der Waals surface area contributed by atoms with E-state index in [-0.39, 0.29) is 0 Å². The lowest BCUT2D eigenvalue weighted by atomic mass is 10.0. The van der Waals surface area contributed by atoms with Crippen molar-refractivity contribution < 1.29 is 4.79 Å². The molecule has 0 fully saturated rings. The van der Waals surface area contributed by atoms with E-state index in [9.17, 15) is 4.79 Å². The monoisotopic (exact) mass is 351 g/mol. The summed E-state index contributed by atoms with van der Waals surface area (Å²) in [5, 5.41) is 0.942. The quantitative estimate of drug-likeness (QED) is 0.533. The number of halogens is 2. The molecular formula is C17H15Cl2NOS. The molecule has 3 aromatic rings. The highest BCUT2D eigenvalue weighted by Crippen LogP contribution is 2.40. The number of aromatic nitrogens is 1. The average molecular weight is 352 g/mol. The maximum atomic E-state index is 11.6. The van der Waals surface area contributed by atoms with Crippen molar-refractivity contribution in [2.45, 2.75) is 26.2 Å². The second-order valence-corrected chi connectivity index (χ2v) is 7.54. The Morgan fingerprint density at radius 2 is 2.09 bits per heavy atom. The Bertz CT molecular complexity index is 835. The van der Waals surface area contributed by atoms with Crippen molar-refractivity contribution in [3.63, 3.8) is 0 Å². The van der Waals surface area contributed by atoms with Crippen LogP contribution in [-0.4, -0.2) is 11.3 Å². The van der Waals surface area contributed by atoms with Gasteiger partial charge < -0.3 is 4.98 Å². The SMILES string of the molecule is CCCCc1ccc2[nH]c(-c3cc(Cl)sc3Cl)c(C=O)c2c1. The number of aromatic amines is 1. The highest BCUT2D eigenvalue weighted by Gasteiger charge is 2.17. The van der Waals surface area contributed by atoms with E-state index in [1.54, 1.807) is 6.07 Å². The molecule has 2 aromatic heterocycles. The standard InChI is InChI=1S/C17H15Cl2NOS/c1-2-3-4-10-5-6-14-11(7-10)13(9-21)16(20-14)12-8-15(18)22-17(12)19/h5-9,20H,2-4H2,1H3. The molecule has 0 saturated heterocycles. The van der Waals surface area contributed by atoms with Crippen LogP contribution in [0.15, 0.2) is 24.3 Å². The molecular weight excluding hydrogens is 337 g/mol. The second kappa shape index (κ2) is 6.45. The summed E-state index contributed by atoms with van der Waals surface area (Å²) >= 11 is 13.6. The summed E-state index contributed by atoms with van der Waals surface area (Å²) in [6.45, 7) is 2.17. The molecule has 1 aromatic carbocycles. The lowest BCUT2D eigenvalue weighted by Crippen LogP contribution is -1.86. The molecule has 0 saturated carbocycles. The predicted molar refractivity (Wildman–Crippen MR) is 95.6 cm³/mol. The maximum Gasteiger partial charge on any atom is 0.152 e. The average Bonchev–Trinajstić information content (AvgIpc) is 3.03. The van der Waals surface area contributed by atoms with Crippen LogP contribution in [0.1, 0.15) is 35.7 Å². The topological polar surface area (TPSA) is 32.9 Å². The van der Waals surface area contributed by atoms with E-state index in [1.807, 2.05) is 6.07 Å². The number of benzene rings is 1. The van der Waals surface area contributed by atoms with Crippen LogP contribution in [0, 0.1) is 0 Å². The molecule has 0 aliphatic heterocycles. The number of aryl methyl sites for hydroxylation is 1. The summed E-state index contributed by atoms with van der Waals surface area (Å²) in [4.78, 5) is 14.9. The number of rotatable bonds is 5. The number of H-pyrrole nitrogens is 1. The molecule has 0 radical (unpaired) electrons. The van der Waals surface area contributed by atoms with Crippen LogP contribution < -0.4 is 0 Å². The zero-order valence-electron chi connectivity index (χ0n) is 12.1. The van der Waals surface area contributed by atoms with Gasteiger partial charge in [0.05, 0.1) is 10.0 Å². The lowest BCUT2D eigenvalue weighted by Gasteiger charge is -2.00. The Kier molecular flexibility index (Phi) is 4.57. The van der Waals surface area contributed by atoms with E-state index in [0.717, 1.165) is 47.7 Å². The van der Waals surface area contributed by atoms with Crippen LogP contribution in [0.4, 0.5) is 0 Å². The van der Waals surface area contributed by atoms with Gasteiger partial charge >= 0.3 is 0 Å². The molecule has 2 heterocycles. The van der Waals surface area contributed by atoms with Crippen LogP contribution in [-0.2, 0) is 6.42 Å². The summed E-state index contributed by atoms with van der Waals surface area (Å²) in [7, 11) is 0. The Labute approximate surface area is 143 Å². The van der Waals surface area contributed by atoms with Crippen molar-refractivity contribution in [1.82, 2.24) is 4.98 Å². The third-order valence-corrected chi connectivity index (χ3v) is 5.25. The van der Waals surface area contributed by atoms with Crippen LogP contribution in [0.3, 0.4) is 0 Å². The van der Waals surface area contributed by atoms with Crippen molar-refractivity contribution in [2.24, 2.45) is 0 Å². The molecule has 0 aliphatic rings. The summed E-state index contributed by atoms with van der Waals surface area (Å²) in [5.41, 5.74) is 4.36. The summed E-state index contributed by atoms with van der Waals surface area (Å²) in [6.07, 6.45) is 4.21.